The molecule has 0 spiro atoms. The molecule has 0 saturated carbocycles. The van der Waals surface area contributed by atoms with Gasteiger partial charge < -0.3 is 4.74 Å². The number of ether oxygens (including phenoxy) is 1. The van der Waals surface area contributed by atoms with E-state index in [4.69, 9.17) is 4.74 Å². The van der Waals surface area contributed by atoms with Crippen LogP contribution in [0.15, 0.2) is 50.4 Å². The number of allylic oxidation sites excluding steroid dienone is 4. The molecule has 3 aromatic rings. The summed E-state index contributed by atoms with van der Waals surface area (Å²) in [6.07, 6.45) is 1.64. The monoisotopic (exact) mass is 418 g/mol. The standard InChI is InChI=1S/C19H16F2N4O3S/c1-10-9-29-18-16(10)17(26)25(14-6-7-15(28-2)23-22-14)19(27)24(18)8-11-12(20)4-3-5-13(11)21/h4,6-7,9H,3,5,8H2,1-2H3. The second-order valence-electron chi connectivity index (χ2n) is 6.52. The summed E-state index contributed by atoms with van der Waals surface area (Å²) in [5, 5.41) is 9.71. The number of halogens is 2. The van der Waals surface area contributed by atoms with Crippen LogP contribution >= 0.6 is 11.3 Å². The van der Waals surface area contributed by atoms with Gasteiger partial charge in [0.25, 0.3) is 5.56 Å². The Kier molecular flexibility index (Phi) is 4.87. The summed E-state index contributed by atoms with van der Waals surface area (Å²) in [6, 6.07) is 2.89. The molecule has 0 N–H and O–H groups in total. The zero-order chi connectivity index (χ0) is 20.7. The Bertz CT molecular complexity index is 1290. The van der Waals surface area contributed by atoms with Crippen molar-refractivity contribution in [3.8, 4) is 11.7 Å². The van der Waals surface area contributed by atoms with Gasteiger partial charge in [-0.05, 0) is 36.4 Å². The van der Waals surface area contributed by atoms with E-state index in [1.165, 1.54) is 41.2 Å². The van der Waals surface area contributed by atoms with Crippen LogP contribution in [0.3, 0.4) is 0 Å². The molecule has 0 bridgehead atoms. The molecule has 0 fully saturated rings. The maximum absolute atomic E-state index is 14.3. The van der Waals surface area contributed by atoms with Gasteiger partial charge in [-0.2, -0.15) is 0 Å². The average Bonchev–Trinajstić information content (AvgIpc) is 3.09. The Morgan fingerprint density at radius 3 is 2.69 bits per heavy atom. The summed E-state index contributed by atoms with van der Waals surface area (Å²) in [6.45, 7) is 1.41. The zero-order valence-corrected chi connectivity index (χ0v) is 16.4. The molecular weight excluding hydrogens is 402 g/mol. The van der Waals surface area contributed by atoms with Crippen LogP contribution in [0.4, 0.5) is 8.78 Å². The number of hydrogen-bond donors (Lipinski definition) is 0. The fourth-order valence-corrected chi connectivity index (χ4v) is 4.27. The molecular formula is C19H16F2N4O3S. The van der Waals surface area contributed by atoms with Crippen LogP contribution in [-0.2, 0) is 6.54 Å². The van der Waals surface area contributed by atoms with Gasteiger partial charge >= 0.3 is 5.69 Å². The number of hydrogen-bond acceptors (Lipinski definition) is 6. The third-order valence-electron chi connectivity index (χ3n) is 4.72. The second kappa shape index (κ2) is 7.36. The van der Waals surface area contributed by atoms with Gasteiger partial charge in [0.05, 0.1) is 19.0 Å². The van der Waals surface area contributed by atoms with Crippen molar-refractivity contribution in [3.05, 3.63) is 67.2 Å². The first-order valence-corrected chi connectivity index (χ1v) is 9.65. The van der Waals surface area contributed by atoms with Crippen LogP contribution < -0.4 is 16.0 Å². The molecule has 150 valence electrons. The van der Waals surface area contributed by atoms with E-state index in [-0.39, 0.29) is 36.7 Å². The number of rotatable bonds is 4. The summed E-state index contributed by atoms with van der Waals surface area (Å²) in [5.41, 5.74) is -0.833. The Morgan fingerprint density at radius 2 is 2.03 bits per heavy atom. The van der Waals surface area contributed by atoms with Gasteiger partial charge in [0.2, 0.25) is 5.88 Å². The molecule has 1 aliphatic rings. The van der Waals surface area contributed by atoms with Crippen LogP contribution in [0, 0.1) is 6.92 Å². The highest BCUT2D eigenvalue weighted by molar-refractivity contribution is 7.17. The number of aromatic nitrogens is 4. The number of thiophene rings is 1. The van der Waals surface area contributed by atoms with Gasteiger partial charge in [-0.15, -0.1) is 21.5 Å². The molecule has 0 amide bonds. The lowest BCUT2D eigenvalue weighted by Crippen LogP contribution is -2.39. The van der Waals surface area contributed by atoms with Crippen molar-refractivity contribution in [3.63, 3.8) is 0 Å². The van der Waals surface area contributed by atoms with E-state index in [1.54, 1.807) is 12.3 Å². The molecule has 3 heterocycles. The van der Waals surface area contributed by atoms with Crippen molar-refractivity contribution < 1.29 is 13.5 Å². The predicted molar refractivity (Wildman–Crippen MR) is 105 cm³/mol. The van der Waals surface area contributed by atoms with Crippen molar-refractivity contribution in [1.29, 1.82) is 0 Å². The fraction of sp³-hybridized carbons (Fsp3) is 0.263. The molecule has 0 atom stereocenters. The van der Waals surface area contributed by atoms with Crippen molar-refractivity contribution in [2.75, 3.05) is 7.11 Å². The number of nitrogens with zero attached hydrogens (tertiary/aromatic N) is 4. The van der Waals surface area contributed by atoms with Gasteiger partial charge in [0.15, 0.2) is 5.82 Å². The van der Waals surface area contributed by atoms with E-state index in [9.17, 15) is 18.4 Å². The maximum Gasteiger partial charge on any atom is 0.338 e. The number of methoxy groups -OCH3 is 1. The van der Waals surface area contributed by atoms with Gasteiger partial charge in [-0.25, -0.2) is 18.1 Å². The van der Waals surface area contributed by atoms with Crippen molar-refractivity contribution in [2.24, 2.45) is 0 Å². The molecule has 7 nitrogen and oxygen atoms in total. The van der Waals surface area contributed by atoms with Crippen LogP contribution in [0.1, 0.15) is 18.4 Å². The Labute approximate surface area is 167 Å². The summed E-state index contributed by atoms with van der Waals surface area (Å²) < 4.78 is 35.6. The smallest absolute Gasteiger partial charge is 0.338 e. The van der Waals surface area contributed by atoms with E-state index in [1.807, 2.05) is 0 Å². The summed E-state index contributed by atoms with van der Waals surface area (Å²) in [7, 11) is 1.41. The lowest BCUT2D eigenvalue weighted by atomic mass is 10.0. The summed E-state index contributed by atoms with van der Waals surface area (Å²) in [5.74, 6) is -1.07. The van der Waals surface area contributed by atoms with Gasteiger partial charge in [0, 0.05) is 18.1 Å². The van der Waals surface area contributed by atoms with Crippen LogP contribution in [0.5, 0.6) is 5.88 Å². The molecule has 0 saturated heterocycles. The molecule has 0 aliphatic heterocycles. The highest BCUT2D eigenvalue weighted by Crippen LogP contribution is 2.30. The largest absolute Gasteiger partial charge is 0.480 e. The van der Waals surface area contributed by atoms with E-state index >= 15 is 0 Å². The Balaban J connectivity index is 1.98. The fourth-order valence-electron chi connectivity index (χ4n) is 3.23. The molecule has 10 heteroatoms. The van der Waals surface area contributed by atoms with Crippen molar-refractivity contribution >= 4 is 21.6 Å². The van der Waals surface area contributed by atoms with E-state index < -0.39 is 22.9 Å². The van der Waals surface area contributed by atoms with E-state index in [0.29, 0.717) is 15.8 Å². The first-order chi connectivity index (χ1) is 13.9. The topological polar surface area (TPSA) is 79.0 Å². The number of aryl methyl sites for hydroxylation is 1. The SMILES string of the molecule is COc1ccc(-n2c(=O)c3c(C)csc3n(CC3=C(F)CCC=C3F)c2=O)nn1. The Morgan fingerprint density at radius 1 is 1.24 bits per heavy atom. The molecule has 0 radical (unpaired) electrons. The summed E-state index contributed by atoms with van der Waals surface area (Å²) >= 11 is 1.18. The second-order valence-corrected chi connectivity index (χ2v) is 7.37. The number of fused-ring (bicyclic) bond motifs is 1. The third-order valence-corrected chi connectivity index (χ3v) is 5.84. The van der Waals surface area contributed by atoms with Crippen LogP contribution in [-0.4, -0.2) is 26.4 Å². The highest BCUT2D eigenvalue weighted by Gasteiger charge is 2.23. The third kappa shape index (κ3) is 3.19. The molecule has 29 heavy (non-hydrogen) atoms. The minimum atomic E-state index is -0.748. The van der Waals surface area contributed by atoms with Gasteiger partial charge in [-0.1, -0.05) is 0 Å². The van der Waals surface area contributed by atoms with Crippen LogP contribution in [0.25, 0.3) is 16.0 Å². The molecule has 4 rings (SSSR count). The average molecular weight is 418 g/mol. The minimum absolute atomic E-state index is 0.00356. The molecule has 0 unspecified atom stereocenters. The maximum atomic E-state index is 14.3. The quantitative estimate of drug-likeness (QED) is 0.650. The highest BCUT2D eigenvalue weighted by atomic mass is 32.1. The van der Waals surface area contributed by atoms with E-state index in [0.717, 1.165) is 4.57 Å². The first kappa shape index (κ1) is 19.2. The van der Waals surface area contributed by atoms with Gasteiger partial charge in [-0.3, -0.25) is 9.36 Å². The lowest BCUT2D eigenvalue weighted by molar-refractivity contribution is 0.391. The Hall–Kier alpha value is -3.14. The molecule has 3 aromatic heterocycles. The minimum Gasteiger partial charge on any atom is -0.480 e. The van der Waals surface area contributed by atoms with Crippen LogP contribution in [0.2, 0.25) is 0 Å². The van der Waals surface area contributed by atoms with E-state index in [2.05, 4.69) is 10.2 Å². The lowest BCUT2D eigenvalue weighted by Gasteiger charge is -2.16. The molecule has 0 aromatic carbocycles. The molecule has 1 aliphatic carbocycles. The normalized spacial score (nSPS) is 14.4. The van der Waals surface area contributed by atoms with Crippen molar-refractivity contribution in [1.82, 2.24) is 19.3 Å². The zero-order valence-electron chi connectivity index (χ0n) is 15.6. The summed E-state index contributed by atoms with van der Waals surface area (Å²) in [4.78, 5) is 26.6. The van der Waals surface area contributed by atoms with Crippen molar-refractivity contribution in [2.45, 2.75) is 26.3 Å². The first-order valence-electron chi connectivity index (χ1n) is 8.77. The predicted octanol–water partition coefficient (Wildman–Crippen LogP) is 3.19. The van der Waals surface area contributed by atoms with Gasteiger partial charge in [0.1, 0.15) is 16.5 Å².